The molecule has 0 unspecified atom stereocenters. The molecule has 4 aromatic heterocycles. The van der Waals surface area contributed by atoms with Gasteiger partial charge < -0.3 is 0 Å². The van der Waals surface area contributed by atoms with Gasteiger partial charge in [0.25, 0.3) is 0 Å². The van der Waals surface area contributed by atoms with E-state index in [1.54, 1.807) is 11.3 Å². The zero-order valence-corrected chi connectivity index (χ0v) is 29.2. The molecule has 0 spiro atoms. The topological polar surface area (TPSA) is 64.5 Å². The molecule has 0 radical (unpaired) electrons. The van der Waals surface area contributed by atoms with Gasteiger partial charge in [-0.15, -0.1) is 11.3 Å². The second-order valence-electron chi connectivity index (χ2n) is 12.9. The van der Waals surface area contributed by atoms with Crippen LogP contribution in [-0.4, -0.2) is 24.9 Å². The smallest absolute Gasteiger partial charge is 0.164 e. The van der Waals surface area contributed by atoms with Gasteiger partial charge >= 0.3 is 0 Å². The third-order valence-corrected chi connectivity index (χ3v) is 10.8. The molecule has 4 heterocycles. The number of aromatic nitrogens is 5. The van der Waals surface area contributed by atoms with E-state index in [4.69, 9.17) is 19.9 Å². The Hall–Kier alpha value is -6.89. The number of hydrogen-bond acceptors (Lipinski definition) is 6. The molecule has 0 bridgehead atoms. The summed E-state index contributed by atoms with van der Waals surface area (Å²) in [5.74, 6) is 1.90. The highest BCUT2D eigenvalue weighted by Gasteiger charge is 2.17. The molecule has 0 aliphatic carbocycles. The lowest BCUT2D eigenvalue weighted by molar-refractivity contribution is 1.07. The molecule has 0 amide bonds. The van der Waals surface area contributed by atoms with Crippen LogP contribution in [0.4, 0.5) is 0 Å². The number of hydrogen-bond donors (Lipinski definition) is 0. The SMILES string of the molecule is c1ccc(-c2ccc(-c3nc(-c4ccccc4)nc(-c4ccc(-c5cccc(-c6nc7cnccc7c7c6sc6ccccc67)c5)cc4)n3)cc2)cc1. The largest absolute Gasteiger partial charge is 0.262 e. The Balaban J connectivity index is 1.03. The van der Waals surface area contributed by atoms with E-state index < -0.39 is 0 Å². The number of nitrogens with zero attached hydrogens (tertiary/aromatic N) is 5. The van der Waals surface area contributed by atoms with Crippen molar-refractivity contribution in [2.24, 2.45) is 0 Å². The summed E-state index contributed by atoms with van der Waals surface area (Å²) in [5.41, 5.74) is 10.3. The van der Waals surface area contributed by atoms with Crippen LogP contribution in [0.5, 0.6) is 0 Å². The molecule has 10 aromatic rings. The summed E-state index contributed by atoms with van der Waals surface area (Å²) < 4.78 is 2.44. The van der Waals surface area contributed by atoms with Crippen LogP contribution in [-0.2, 0) is 0 Å². The zero-order chi connectivity index (χ0) is 35.1. The van der Waals surface area contributed by atoms with Crippen LogP contribution in [0.1, 0.15) is 0 Å². The first kappa shape index (κ1) is 30.9. The fourth-order valence-electron chi connectivity index (χ4n) is 6.98. The predicted octanol–water partition coefficient (Wildman–Crippen LogP) is 12.2. The number of thiophene rings is 1. The highest BCUT2D eigenvalue weighted by atomic mass is 32.1. The molecular weight excluding hydrogens is 667 g/mol. The average molecular weight is 696 g/mol. The van der Waals surface area contributed by atoms with E-state index in [-0.39, 0.29) is 0 Å². The van der Waals surface area contributed by atoms with Crippen molar-refractivity contribution in [3.63, 3.8) is 0 Å². The normalized spacial score (nSPS) is 11.4. The Morgan fingerprint density at radius 2 is 0.887 bits per heavy atom. The first-order chi connectivity index (χ1) is 26.2. The molecule has 6 heteroatoms. The van der Waals surface area contributed by atoms with Crippen molar-refractivity contribution in [1.29, 1.82) is 0 Å². The van der Waals surface area contributed by atoms with Crippen LogP contribution in [0.25, 0.3) is 98.7 Å². The van der Waals surface area contributed by atoms with Crippen LogP contribution >= 0.6 is 11.3 Å². The van der Waals surface area contributed by atoms with Gasteiger partial charge in [0, 0.05) is 49.3 Å². The fourth-order valence-corrected chi connectivity index (χ4v) is 8.21. The first-order valence-electron chi connectivity index (χ1n) is 17.5. The van der Waals surface area contributed by atoms with Crippen LogP contribution in [0.3, 0.4) is 0 Å². The molecule has 0 aliphatic heterocycles. The van der Waals surface area contributed by atoms with Crippen molar-refractivity contribution >= 4 is 42.4 Å². The van der Waals surface area contributed by atoms with Crippen molar-refractivity contribution in [3.05, 3.63) is 176 Å². The van der Waals surface area contributed by atoms with Crippen LogP contribution in [0, 0.1) is 0 Å². The van der Waals surface area contributed by atoms with E-state index in [1.165, 1.54) is 25.7 Å². The maximum absolute atomic E-state index is 5.17. The molecule has 0 N–H and O–H groups in total. The van der Waals surface area contributed by atoms with Crippen molar-refractivity contribution in [2.45, 2.75) is 0 Å². The van der Waals surface area contributed by atoms with Gasteiger partial charge in [0.05, 0.1) is 22.1 Å². The Kier molecular flexibility index (Phi) is 7.59. The van der Waals surface area contributed by atoms with Crippen molar-refractivity contribution < 1.29 is 0 Å². The highest BCUT2D eigenvalue weighted by molar-refractivity contribution is 7.26. The maximum Gasteiger partial charge on any atom is 0.164 e. The second kappa shape index (κ2) is 13.0. The molecule has 0 atom stereocenters. The molecule has 10 rings (SSSR count). The number of benzene rings is 6. The lowest BCUT2D eigenvalue weighted by Crippen LogP contribution is -2.00. The summed E-state index contributed by atoms with van der Waals surface area (Å²) in [4.78, 5) is 24.5. The number of rotatable bonds is 6. The van der Waals surface area contributed by atoms with E-state index in [0.717, 1.165) is 55.5 Å². The Morgan fingerprint density at radius 3 is 1.57 bits per heavy atom. The minimum Gasteiger partial charge on any atom is -0.262 e. The molecule has 248 valence electrons. The Bertz CT molecular complexity index is 2920. The zero-order valence-electron chi connectivity index (χ0n) is 28.4. The van der Waals surface area contributed by atoms with Gasteiger partial charge in [-0.25, -0.2) is 19.9 Å². The standard InChI is InChI=1S/C47H29N5S/c1-3-10-30(11-4-1)31-18-22-34(23-19-31)46-50-45(33-12-5-2-6-13-33)51-47(52-46)35-24-20-32(21-25-35)36-14-9-15-37(28-36)43-44-42(38-26-27-48-29-40(38)49-43)39-16-7-8-17-41(39)53-44/h1-29H. The maximum atomic E-state index is 5.17. The van der Waals surface area contributed by atoms with Gasteiger partial charge in [0.1, 0.15) is 0 Å². The lowest BCUT2D eigenvalue weighted by atomic mass is 9.99. The molecule has 5 nitrogen and oxygen atoms in total. The average Bonchev–Trinajstić information content (AvgIpc) is 3.64. The summed E-state index contributed by atoms with van der Waals surface area (Å²) in [6.45, 7) is 0. The van der Waals surface area contributed by atoms with Crippen LogP contribution in [0.2, 0.25) is 0 Å². The molecule has 0 saturated carbocycles. The minimum absolute atomic E-state index is 0.627. The summed E-state index contributed by atoms with van der Waals surface area (Å²) in [7, 11) is 0. The van der Waals surface area contributed by atoms with Gasteiger partial charge in [-0.2, -0.15) is 0 Å². The molecule has 0 fully saturated rings. The molecule has 0 saturated heterocycles. The highest BCUT2D eigenvalue weighted by Crippen LogP contribution is 2.43. The fraction of sp³-hybridized carbons (Fsp3) is 0. The van der Waals surface area contributed by atoms with Crippen molar-refractivity contribution in [2.75, 3.05) is 0 Å². The molecular formula is C47H29N5S. The Labute approximate surface area is 310 Å². The summed E-state index contributed by atoms with van der Waals surface area (Å²) in [5, 5.41) is 3.62. The quantitative estimate of drug-likeness (QED) is 0.173. The van der Waals surface area contributed by atoms with E-state index >= 15 is 0 Å². The van der Waals surface area contributed by atoms with Crippen molar-refractivity contribution in [3.8, 4) is 67.7 Å². The van der Waals surface area contributed by atoms with Gasteiger partial charge in [0.15, 0.2) is 17.5 Å². The second-order valence-corrected chi connectivity index (χ2v) is 14.0. The number of pyridine rings is 2. The van der Waals surface area contributed by atoms with E-state index in [1.807, 2.05) is 48.8 Å². The minimum atomic E-state index is 0.627. The van der Waals surface area contributed by atoms with Gasteiger partial charge in [0.2, 0.25) is 0 Å². The predicted molar refractivity (Wildman–Crippen MR) is 218 cm³/mol. The van der Waals surface area contributed by atoms with Crippen LogP contribution in [0.15, 0.2) is 176 Å². The molecule has 0 aliphatic rings. The van der Waals surface area contributed by atoms with Gasteiger partial charge in [-0.05, 0) is 40.5 Å². The van der Waals surface area contributed by atoms with Gasteiger partial charge in [-0.3, -0.25) is 4.98 Å². The monoisotopic (exact) mass is 695 g/mol. The van der Waals surface area contributed by atoms with E-state index in [2.05, 4.69) is 132 Å². The van der Waals surface area contributed by atoms with Gasteiger partial charge in [-0.1, -0.05) is 146 Å². The first-order valence-corrected chi connectivity index (χ1v) is 18.3. The van der Waals surface area contributed by atoms with Crippen LogP contribution < -0.4 is 0 Å². The Morgan fingerprint density at radius 1 is 0.377 bits per heavy atom. The third kappa shape index (κ3) is 5.72. The summed E-state index contributed by atoms with van der Waals surface area (Å²) >= 11 is 1.80. The number of fused-ring (bicyclic) bond motifs is 5. The third-order valence-electron chi connectivity index (χ3n) is 9.64. The molecule has 6 aromatic carbocycles. The van der Waals surface area contributed by atoms with E-state index in [0.29, 0.717) is 17.5 Å². The van der Waals surface area contributed by atoms with Crippen molar-refractivity contribution in [1.82, 2.24) is 24.9 Å². The van der Waals surface area contributed by atoms with E-state index in [9.17, 15) is 0 Å². The lowest BCUT2D eigenvalue weighted by Gasteiger charge is -2.11. The summed E-state index contributed by atoms with van der Waals surface area (Å²) in [6.07, 6.45) is 3.71. The summed E-state index contributed by atoms with van der Waals surface area (Å²) in [6, 6.07) is 56.7. The molecule has 53 heavy (non-hydrogen) atoms.